The average Bonchev–Trinajstić information content (AvgIpc) is 3.15. The van der Waals surface area contributed by atoms with Crippen molar-refractivity contribution in [3.05, 3.63) is 60.7 Å². The van der Waals surface area contributed by atoms with Gasteiger partial charge in [-0.2, -0.15) is 0 Å². The van der Waals surface area contributed by atoms with Crippen LogP contribution < -0.4 is 10.5 Å². The lowest BCUT2D eigenvalue weighted by molar-refractivity contribution is 0.412. The molecular formula is C18H16N6OS. The fourth-order valence-corrected chi connectivity index (χ4v) is 3.44. The summed E-state index contributed by atoms with van der Waals surface area (Å²) >= 11 is 1.49. The van der Waals surface area contributed by atoms with Crippen molar-refractivity contribution in [2.75, 3.05) is 12.8 Å². The van der Waals surface area contributed by atoms with Crippen LogP contribution in [0.25, 0.3) is 16.6 Å². The molecule has 0 fully saturated rings. The molecular weight excluding hydrogens is 348 g/mol. The Kier molecular flexibility index (Phi) is 4.40. The minimum Gasteiger partial charge on any atom is -0.495 e. The van der Waals surface area contributed by atoms with E-state index in [0.29, 0.717) is 17.4 Å². The Bertz CT molecular complexity index is 1060. The molecule has 4 rings (SSSR count). The molecule has 0 saturated carbocycles. The number of thioether (sulfide) groups is 1. The van der Waals surface area contributed by atoms with Gasteiger partial charge < -0.3 is 10.5 Å². The summed E-state index contributed by atoms with van der Waals surface area (Å²) in [6.07, 6.45) is 1.66. The molecule has 0 aliphatic heterocycles. The van der Waals surface area contributed by atoms with Crippen molar-refractivity contribution in [1.82, 2.24) is 24.7 Å². The highest BCUT2D eigenvalue weighted by Gasteiger charge is 2.13. The van der Waals surface area contributed by atoms with Gasteiger partial charge in [0.2, 0.25) is 0 Å². The molecule has 0 aliphatic carbocycles. The summed E-state index contributed by atoms with van der Waals surface area (Å²) in [5.41, 5.74) is 7.77. The van der Waals surface area contributed by atoms with Gasteiger partial charge in [0.1, 0.15) is 23.7 Å². The maximum Gasteiger partial charge on any atom is 0.196 e. The van der Waals surface area contributed by atoms with Crippen molar-refractivity contribution in [1.29, 1.82) is 0 Å². The zero-order valence-electron chi connectivity index (χ0n) is 14.0. The minimum atomic E-state index is 0.484. The van der Waals surface area contributed by atoms with Gasteiger partial charge in [-0.05, 0) is 24.3 Å². The third kappa shape index (κ3) is 3.06. The van der Waals surface area contributed by atoms with Gasteiger partial charge in [-0.25, -0.2) is 9.97 Å². The zero-order chi connectivity index (χ0) is 17.9. The molecule has 0 atom stereocenters. The molecule has 0 unspecified atom stereocenters. The third-order valence-electron chi connectivity index (χ3n) is 3.87. The number of para-hydroxylation sites is 3. The molecule has 2 heterocycles. The van der Waals surface area contributed by atoms with Crippen LogP contribution in [0.5, 0.6) is 5.75 Å². The molecule has 2 aromatic carbocycles. The predicted molar refractivity (Wildman–Crippen MR) is 101 cm³/mol. The van der Waals surface area contributed by atoms with Crippen LogP contribution in [0, 0.1) is 0 Å². The highest BCUT2D eigenvalue weighted by Crippen LogP contribution is 2.28. The number of hydrogen-bond acceptors (Lipinski definition) is 7. The number of aromatic nitrogens is 5. The van der Waals surface area contributed by atoms with E-state index in [1.807, 2.05) is 53.1 Å². The number of hydrogen-bond donors (Lipinski definition) is 1. The maximum absolute atomic E-state index is 6.05. The van der Waals surface area contributed by atoms with E-state index in [2.05, 4.69) is 20.2 Å². The van der Waals surface area contributed by atoms with Crippen molar-refractivity contribution < 1.29 is 4.74 Å². The number of nitrogen functional groups attached to an aromatic ring is 1. The van der Waals surface area contributed by atoms with Gasteiger partial charge in [0.25, 0.3) is 0 Å². The van der Waals surface area contributed by atoms with Crippen LogP contribution in [0.2, 0.25) is 0 Å². The highest BCUT2D eigenvalue weighted by atomic mass is 32.2. The van der Waals surface area contributed by atoms with E-state index >= 15 is 0 Å². The largest absolute Gasteiger partial charge is 0.495 e. The number of nitrogens with two attached hydrogens (primary N) is 1. The second-order valence-corrected chi connectivity index (χ2v) is 6.43. The molecule has 0 amide bonds. The number of ether oxygens (including phenoxy) is 1. The number of methoxy groups -OCH3 is 1. The molecule has 0 bridgehead atoms. The molecule has 0 aliphatic rings. The lowest BCUT2D eigenvalue weighted by atomic mass is 10.2. The number of anilines is 1. The molecule has 4 aromatic rings. The van der Waals surface area contributed by atoms with Crippen molar-refractivity contribution in [2.45, 2.75) is 10.9 Å². The van der Waals surface area contributed by atoms with Gasteiger partial charge in [0.05, 0.1) is 24.1 Å². The van der Waals surface area contributed by atoms with Gasteiger partial charge in [-0.1, -0.05) is 36.0 Å². The quantitative estimate of drug-likeness (QED) is 0.544. The molecule has 8 heteroatoms. The lowest BCUT2D eigenvalue weighted by Crippen LogP contribution is -2.01. The van der Waals surface area contributed by atoms with Crippen LogP contribution in [0.3, 0.4) is 0 Å². The monoisotopic (exact) mass is 364 g/mol. The fourth-order valence-electron chi connectivity index (χ4n) is 2.66. The Hall–Kier alpha value is -3.13. The second-order valence-electron chi connectivity index (χ2n) is 5.49. The van der Waals surface area contributed by atoms with Crippen LogP contribution in [-0.4, -0.2) is 31.8 Å². The zero-order valence-corrected chi connectivity index (χ0v) is 14.8. The van der Waals surface area contributed by atoms with Gasteiger partial charge in [-0.15, -0.1) is 10.2 Å². The van der Waals surface area contributed by atoms with E-state index in [1.165, 1.54) is 11.8 Å². The summed E-state index contributed by atoms with van der Waals surface area (Å²) in [6.45, 7) is 0. The number of rotatable bonds is 5. The molecule has 26 heavy (non-hydrogen) atoms. The molecule has 0 spiro atoms. The smallest absolute Gasteiger partial charge is 0.196 e. The number of benzene rings is 2. The van der Waals surface area contributed by atoms with Crippen molar-refractivity contribution in [2.24, 2.45) is 0 Å². The Morgan fingerprint density at radius 2 is 1.88 bits per heavy atom. The van der Waals surface area contributed by atoms with E-state index in [4.69, 9.17) is 10.5 Å². The molecule has 0 radical (unpaired) electrons. The lowest BCUT2D eigenvalue weighted by Gasteiger charge is -2.10. The van der Waals surface area contributed by atoms with Gasteiger partial charge in [-0.3, -0.25) is 4.57 Å². The Labute approximate surface area is 154 Å². The van der Waals surface area contributed by atoms with E-state index < -0.39 is 0 Å². The molecule has 2 aromatic heterocycles. The van der Waals surface area contributed by atoms with Gasteiger partial charge in [0.15, 0.2) is 5.16 Å². The Balaban J connectivity index is 1.61. The predicted octanol–water partition coefficient (Wildman–Crippen LogP) is 3.09. The first-order chi connectivity index (χ1) is 12.8. The van der Waals surface area contributed by atoms with Crippen molar-refractivity contribution >= 4 is 28.5 Å². The van der Waals surface area contributed by atoms with E-state index in [-0.39, 0.29) is 0 Å². The summed E-state index contributed by atoms with van der Waals surface area (Å²) in [5, 5.41) is 9.81. The first-order valence-corrected chi connectivity index (χ1v) is 8.92. The van der Waals surface area contributed by atoms with Crippen LogP contribution in [0.15, 0.2) is 60.0 Å². The van der Waals surface area contributed by atoms with Crippen LogP contribution >= 0.6 is 11.8 Å². The van der Waals surface area contributed by atoms with E-state index in [1.54, 1.807) is 13.4 Å². The minimum absolute atomic E-state index is 0.484. The normalized spacial score (nSPS) is 11.0. The summed E-state index contributed by atoms with van der Waals surface area (Å²) in [5.74, 6) is 2.42. The molecule has 130 valence electrons. The Morgan fingerprint density at radius 1 is 1.08 bits per heavy atom. The second kappa shape index (κ2) is 7.01. The van der Waals surface area contributed by atoms with Crippen LogP contribution in [0.1, 0.15) is 5.82 Å². The summed E-state index contributed by atoms with van der Waals surface area (Å²) in [7, 11) is 1.64. The standard InChI is InChI=1S/C18H16N6OS/c1-25-15-9-5-4-8-14(15)24-11-20-23-18(24)26-10-16-21-13-7-3-2-6-12(13)17(19)22-16/h2-9,11H,10H2,1H3,(H2,19,21,22). The molecule has 2 N–H and O–H groups in total. The van der Waals surface area contributed by atoms with Crippen LogP contribution in [0.4, 0.5) is 5.82 Å². The maximum atomic E-state index is 6.05. The van der Waals surface area contributed by atoms with Crippen LogP contribution in [-0.2, 0) is 5.75 Å². The Morgan fingerprint density at radius 3 is 2.77 bits per heavy atom. The van der Waals surface area contributed by atoms with E-state index in [0.717, 1.165) is 27.5 Å². The van der Waals surface area contributed by atoms with Crippen molar-refractivity contribution in [3.63, 3.8) is 0 Å². The molecule has 0 saturated heterocycles. The highest BCUT2D eigenvalue weighted by molar-refractivity contribution is 7.98. The average molecular weight is 364 g/mol. The van der Waals surface area contributed by atoms with Gasteiger partial charge in [0, 0.05) is 5.39 Å². The summed E-state index contributed by atoms with van der Waals surface area (Å²) in [6, 6.07) is 15.4. The number of fused-ring (bicyclic) bond motifs is 1. The first-order valence-electron chi connectivity index (χ1n) is 7.93. The third-order valence-corrected chi connectivity index (χ3v) is 4.81. The fraction of sp³-hybridized carbons (Fsp3) is 0.111. The van der Waals surface area contributed by atoms with Gasteiger partial charge >= 0.3 is 0 Å². The summed E-state index contributed by atoms with van der Waals surface area (Å²) in [4.78, 5) is 8.98. The SMILES string of the molecule is COc1ccccc1-n1cnnc1SCc1nc(N)c2ccccc2n1. The van der Waals surface area contributed by atoms with Crippen molar-refractivity contribution in [3.8, 4) is 11.4 Å². The number of nitrogens with zero attached hydrogens (tertiary/aromatic N) is 5. The topological polar surface area (TPSA) is 91.7 Å². The van der Waals surface area contributed by atoms with E-state index in [9.17, 15) is 0 Å². The summed E-state index contributed by atoms with van der Waals surface area (Å²) < 4.78 is 7.31. The molecule has 7 nitrogen and oxygen atoms in total. The first kappa shape index (κ1) is 16.3.